The Bertz CT molecular complexity index is 798. The molecule has 2 aliphatic heterocycles. The van der Waals surface area contributed by atoms with Crippen LogP contribution in [0, 0.1) is 0 Å². The molecule has 2 heterocycles. The van der Waals surface area contributed by atoms with Gasteiger partial charge < -0.3 is 9.47 Å². The van der Waals surface area contributed by atoms with E-state index in [1.165, 1.54) is 0 Å². The third kappa shape index (κ3) is 2.59. The molecule has 0 saturated heterocycles. The lowest BCUT2D eigenvalue weighted by Crippen LogP contribution is -2.17. The average Bonchev–Trinajstić information content (AvgIpc) is 2.85. The number of ether oxygens (including phenoxy) is 2. The molecule has 118 valence electrons. The van der Waals surface area contributed by atoms with Gasteiger partial charge in [-0.2, -0.15) is 0 Å². The van der Waals surface area contributed by atoms with Gasteiger partial charge in [-0.05, 0) is 43.2 Å². The molecule has 0 fully saturated rings. The van der Waals surface area contributed by atoms with Gasteiger partial charge in [-0.1, -0.05) is 24.3 Å². The highest BCUT2D eigenvalue weighted by Gasteiger charge is 2.29. The Hall–Kier alpha value is -2.00. The largest absolute Gasteiger partial charge is 0.489 e. The first-order valence-corrected chi connectivity index (χ1v) is 8.19. The van der Waals surface area contributed by atoms with E-state index in [9.17, 15) is 0 Å². The quantitative estimate of drug-likeness (QED) is 0.724. The molecule has 4 heteroatoms. The van der Waals surface area contributed by atoms with Gasteiger partial charge in [0.1, 0.15) is 19.0 Å². The van der Waals surface area contributed by atoms with Gasteiger partial charge in [0.2, 0.25) is 5.90 Å². The van der Waals surface area contributed by atoms with E-state index < -0.39 is 0 Å². The van der Waals surface area contributed by atoms with Crippen LogP contribution in [-0.2, 0) is 11.3 Å². The highest BCUT2D eigenvalue weighted by Crippen LogP contribution is 2.40. The Morgan fingerprint density at radius 1 is 1.09 bits per heavy atom. The standard InChI is InChI=1S/C19H18ClNO2/c1-19(2)11-23-18(21-19)12-7-8-16-15(9-12)17(20)14-6-4-3-5-13(14)10-22-16/h3-9,17H,10-11H2,1-2H3. The summed E-state index contributed by atoms with van der Waals surface area (Å²) in [5.41, 5.74) is 3.96. The van der Waals surface area contributed by atoms with Crippen molar-refractivity contribution in [2.45, 2.75) is 31.4 Å². The number of hydrogen-bond acceptors (Lipinski definition) is 3. The van der Waals surface area contributed by atoms with Crippen LogP contribution in [0.3, 0.4) is 0 Å². The fourth-order valence-corrected chi connectivity index (χ4v) is 3.36. The second kappa shape index (κ2) is 5.27. The van der Waals surface area contributed by atoms with Crippen LogP contribution in [0.2, 0.25) is 0 Å². The van der Waals surface area contributed by atoms with E-state index in [0.29, 0.717) is 19.1 Å². The third-order valence-electron chi connectivity index (χ3n) is 4.21. The first-order valence-electron chi connectivity index (χ1n) is 7.75. The molecule has 0 spiro atoms. The maximum Gasteiger partial charge on any atom is 0.216 e. The summed E-state index contributed by atoms with van der Waals surface area (Å²) in [7, 11) is 0. The molecule has 2 aromatic rings. The van der Waals surface area contributed by atoms with E-state index in [0.717, 1.165) is 28.0 Å². The predicted octanol–water partition coefficient (Wildman–Crippen LogP) is 4.46. The Morgan fingerprint density at radius 3 is 2.70 bits per heavy atom. The number of halogens is 1. The highest BCUT2D eigenvalue weighted by molar-refractivity contribution is 6.23. The molecule has 2 aliphatic rings. The molecule has 0 saturated carbocycles. The maximum atomic E-state index is 6.76. The van der Waals surface area contributed by atoms with Crippen LogP contribution in [0.15, 0.2) is 47.5 Å². The Balaban J connectivity index is 1.78. The molecule has 3 nitrogen and oxygen atoms in total. The summed E-state index contributed by atoms with van der Waals surface area (Å²) < 4.78 is 11.7. The highest BCUT2D eigenvalue weighted by atomic mass is 35.5. The SMILES string of the molecule is CC1(C)COC(c2ccc3c(c2)C(Cl)c2ccccc2CO3)=N1. The van der Waals surface area contributed by atoms with E-state index in [2.05, 4.69) is 31.0 Å². The zero-order valence-electron chi connectivity index (χ0n) is 13.2. The molecule has 0 aliphatic carbocycles. The van der Waals surface area contributed by atoms with Gasteiger partial charge in [-0.25, -0.2) is 4.99 Å². The molecule has 23 heavy (non-hydrogen) atoms. The van der Waals surface area contributed by atoms with Gasteiger partial charge in [0.25, 0.3) is 0 Å². The lowest BCUT2D eigenvalue weighted by molar-refractivity contribution is 0.279. The van der Waals surface area contributed by atoms with Gasteiger partial charge in [0, 0.05) is 11.1 Å². The summed E-state index contributed by atoms with van der Waals surface area (Å²) >= 11 is 6.76. The van der Waals surface area contributed by atoms with Gasteiger partial charge in [0.15, 0.2) is 0 Å². The fourth-order valence-electron chi connectivity index (χ4n) is 2.98. The molecule has 2 aromatic carbocycles. The molecular formula is C19H18ClNO2. The number of alkyl halides is 1. The van der Waals surface area contributed by atoms with Crippen molar-refractivity contribution in [2.24, 2.45) is 4.99 Å². The number of nitrogens with zero attached hydrogens (tertiary/aromatic N) is 1. The first-order chi connectivity index (χ1) is 11.0. The minimum absolute atomic E-state index is 0.175. The molecule has 0 bridgehead atoms. The molecule has 1 unspecified atom stereocenters. The predicted molar refractivity (Wildman–Crippen MR) is 91.5 cm³/mol. The Labute approximate surface area is 140 Å². The van der Waals surface area contributed by atoms with Crippen LogP contribution in [0.25, 0.3) is 0 Å². The fraction of sp³-hybridized carbons (Fsp3) is 0.316. The summed E-state index contributed by atoms with van der Waals surface area (Å²) in [6, 6.07) is 14.1. The van der Waals surface area contributed by atoms with Gasteiger partial charge >= 0.3 is 0 Å². The lowest BCUT2D eigenvalue weighted by atomic mass is 9.98. The zero-order chi connectivity index (χ0) is 16.0. The number of rotatable bonds is 1. The van der Waals surface area contributed by atoms with E-state index in [1.54, 1.807) is 0 Å². The van der Waals surface area contributed by atoms with Crippen LogP contribution in [0.4, 0.5) is 0 Å². The normalized spacial score (nSPS) is 21.3. The van der Waals surface area contributed by atoms with Gasteiger partial charge in [0.05, 0.1) is 10.9 Å². The number of hydrogen-bond donors (Lipinski definition) is 0. The first kappa shape index (κ1) is 14.6. The zero-order valence-corrected chi connectivity index (χ0v) is 13.9. The number of benzene rings is 2. The van der Waals surface area contributed by atoms with Crippen LogP contribution in [-0.4, -0.2) is 18.0 Å². The van der Waals surface area contributed by atoms with Crippen molar-refractivity contribution < 1.29 is 9.47 Å². The van der Waals surface area contributed by atoms with E-state index >= 15 is 0 Å². The van der Waals surface area contributed by atoms with Crippen molar-refractivity contribution in [3.8, 4) is 5.75 Å². The molecule has 0 aromatic heterocycles. The Kier molecular flexibility index (Phi) is 3.34. The smallest absolute Gasteiger partial charge is 0.216 e. The van der Waals surface area contributed by atoms with Crippen molar-refractivity contribution in [1.82, 2.24) is 0 Å². The summed E-state index contributed by atoms with van der Waals surface area (Å²) in [5, 5.41) is -0.237. The van der Waals surface area contributed by atoms with Crippen LogP contribution in [0.5, 0.6) is 5.75 Å². The van der Waals surface area contributed by atoms with E-state index in [4.69, 9.17) is 21.1 Å². The Morgan fingerprint density at radius 2 is 1.91 bits per heavy atom. The average molecular weight is 328 g/mol. The summed E-state index contributed by atoms with van der Waals surface area (Å²) in [4.78, 5) is 4.64. The second-order valence-electron chi connectivity index (χ2n) is 6.62. The van der Waals surface area contributed by atoms with Crippen molar-refractivity contribution in [3.05, 3.63) is 64.7 Å². The molecule has 0 amide bonds. The van der Waals surface area contributed by atoms with Crippen molar-refractivity contribution in [1.29, 1.82) is 0 Å². The van der Waals surface area contributed by atoms with E-state index in [-0.39, 0.29) is 10.9 Å². The minimum atomic E-state index is -0.237. The van der Waals surface area contributed by atoms with Crippen LogP contribution < -0.4 is 4.74 Å². The van der Waals surface area contributed by atoms with Crippen LogP contribution in [0.1, 0.15) is 41.5 Å². The monoisotopic (exact) mass is 327 g/mol. The van der Waals surface area contributed by atoms with Crippen LogP contribution >= 0.6 is 11.6 Å². The molecular weight excluding hydrogens is 310 g/mol. The van der Waals surface area contributed by atoms with E-state index in [1.807, 2.05) is 30.3 Å². The maximum absolute atomic E-state index is 6.76. The molecule has 1 atom stereocenters. The van der Waals surface area contributed by atoms with Crippen molar-refractivity contribution in [2.75, 3.05) is 6.61 Å². The number of aliphatic imine (C=N–C) groups is 1. The second-order valence-corrected chi connectivity index (χ2v) is 7.06. The van der Waals surface area contributed by atoms with Crippen molar-refractivity contribution >= 4 is 17.5 Å². The number of fused-ring (bicyclic) bond motifs is 2. The minimum Gasteiger partial charge on any atom is -0.489 e. The van der Waals surface area contributed by atoms with Gasteiger partial charge in [-0.15, -0.1) is 11.6 Å². The third-order valence-corrected chi connectivity index (χ3v) is 4.68. The molecule has 4 rings (SSSR count). The topological polar surface area (TPSA) is 30.8 Å². The van der Waals surface area contributed by atoms with Gasteiger partial charge in [-0.3, -0.25) is 0 Å². The summed E-state index contributed by atoms with van der Waals surface area (Å²) in [6.45, 7) is 5.26. The van der Waals surface area contributed by atoms with Crippen molar-refractivity contribution in [3.63, 3.8) is 0 Å². The lowest BCUT2D eigenvalue weighted by Gasteiger charge is -2.13. The summed E-state index contributed by atoms with van der Waals surface area (Å²) in [6.07, 6.45) is 0. The molecule has 0 N–H and O–H groups in total. The molecule has 0 radical (unpaired) electrons. The summed E-state index contributed by atoms with van der Waals surface area (Å²) in [5.74, 6) is 1.50.